The van der Waals surface area contributed by atoms with E-state index in [1.807, 2.05) is 91.0 Å². The summed E-state index contributed by atoms with van der Waals surface area (Å²) in [4.78, 5) is 11.3. The Morgan fingerprint density at radius 1 is 0.809 bits per heavy atom. The average Bonchev–Trinajstić information content (AvgIpc) is 3.73. The number of benzene rings is 5. The van der Waals surface area contributed by atoms with Crippen molar-refractivity contribution in [3.05, 3.63) is 137 Å². The number of aromatic amines is 1. The molecule has 1 aromatic heterocycles. The summed E-state index contributed by atoms with van der Waals surface area (Å²) >= 11 is 0. The summed E-state index contributed by atoms with van der Waals surface area (Å²) in [7, 11) is 0. The number of nitrogens with one attached hydrogen (secondary N) is 1. The van der Waals surface area contributed by atoms with Gasteiger partial charge in [-0.15, -0.1) is 0 Å². The molecule has 1 aliphatic carbocycles. The Bertz CT molecular complexity index is 1950. The van der Waals surface area contributed by atoms with Gasteiger partial charge in [0.05, 0.1) is 17.4 Å². The molecule has 236 valence electrons. The average molecular weight is 626 g/mol. The number of carbonyl (C=O) groups is 1. The number of rotatable bonds is 12. The minimum atomic E-state index is -0.854. The van der Waals surface area contributed by atoms with Crippen LogP contribution in [-0.4, -0.2) is 27.4 Å². The second-order valence-corrected chi connectivity index (χ2v) is 11.9. The highest BCUT2D eigenvalue weighted by Gasteiger charge is 2.28. The van der Waals surface area contributed by atoms with Crippen molar-refractivity contribution in [1.29, 1.82) is 0 Å². The van der Waals surface area contributed by atoms with E-state index in [1.165, 1.54) is 0 Å². The third-order valence-electron chi connectivity index (χ3n) is 8.48. The predicted molar refractivity (Wildman–Crippen MR) is 182 cm³/mol. The van der Waals surface area contributed by atoms with Crippen molar-refractivity contribution in [3.8, 4) is 28.4 Å². The number of fused-ring (bicyclic) bond motifs is 2. The highest BCUT2D eigenvalue weighted by Crippen LogP contribution is 2.42. The maximum absolute atomic E-state index is 11.3. The van der Waals surface area contributed by atoms with Crippen molar-refractivity contribution in [2.45, 2.75) is 45.0 Å². The molecule has 47 heavy (non-hydrogen) atoms. The first-order valence-corrected chi connectivity index (χ1v) is 15.7. The summed E-state index contributed by atoms with van der Waals surface area (Å²) in [6.07, 6.45) is 3.35. The highest BCUT2D eigenvalue weighted by atomic mass is 16.5. The minimum Gasteiger partial charge on any atom is -0.487 e. The van der Waals surface area contributed by atoms with Crippen molar-refractivity contribution < 1.29 is 24.1 Å². The molecule has 4 N–H and O–H groups in total. The van der Waals surface area contributed by atoms with Gasteiger partial charge in [-0.1, -0.05) is 66.7 Å². The van der Waals surface area contributed by atoms with Gasteiger partial charge in [0.2, 0.25) is 0 Å². The van der Waals surface area contributed by atoms with Gasteiger partial charge in [0, 0.05) is 30.2 Å². The van der Waals surface area contributed by atoms with Crippen LogP contribution < -0.4 is 19.9 Å². The number of aryl methyl sites for hydroxylation is 1. The zero-order valence-electron chi connectivity index (χ0n) is 25.8. The van der Waals surface area contributed by atoms with Gasteiger partial charge in [-0.05, 0) is 76.2 Å². The molecule has 7 rings (SSSR count). The van der Waals surface area contributed by atoms with Gasteiger partial charge in [0.1, 0.15) is 25.1 Å². The zero-order valence-corrected chi connectivity index (χ0v) is 25.8. The Labute approximate surface area is 272 Å². The number of carboxylic acid groups (broad SMARTS) is 1. The van der Waals surface area contributed by atoms with Crippen LogP contribution in [0.5, 0.6) is 17.2 Å². The van der Waals surface area contributed by atoms with Crippen molar-refractivity contribution >= 4 is 22.6 Å². The zero-order chi connectivity index (χ0) is 32.2. The van der Waals surface area contributed by atoms with Crippen molar-refractivity contribution in [3.63, 3.8) is 0 Å². The lowest BCUT2D eigenvalue weighted by Gasteiger charge is -2.20. The maximum Gasteiger partial charge on any atom is 0.303 e. The molecule has 1 aliphatic rings. The molecule has 6 aromatic rings. The van der Waals surface area contributed by atoms with Gasteiger partial charge in [0.25, 0.3) is 0 Å². The van der Waals surface area contributed by atoms with E-state index in [1.54, 1.807) is 6.20 Å². The van der Waals surface area contributed by atoms with E-state index in [-0.39, 0.29) is 12.5 Å². The van der Waals surface area contributed by atoms with Crippen LogP contribution in [-0.2, 0) is 37.3 Å². The predicted octanol–water partition coefficient (Wildman–Crippen LogP) is 7.53. The Hall–Kier alpha value is -5.76. The second kappa shape index (κ2) is 13.3. The monoisotopic (exact) mass is 625 g/mol. The Morgan fingerprint density at radius 3 is 2.06 bits per heavy atom. The fourth-order valence-electron chi connectivity index (χ4n) is 6.10. The third kappa shape index (κ3) is 6.92. The lowest BCUT2D eigenvalue weighted by atomic mass is 9.97. The van der Waals surface area contributed by atoms with E-state index in [0.717, 1.165) is 49.8 Å². The molecule has 0 saturated heterocycles. The van der Waals surface area contributed by atoms with Gasteiger partial charge < -0.3 is 25.1 Å². The molecule has 0 aliphatic heterocycles. The van der Waals surface area contributed by atoms with Crippen LogP contribution in [0.4, 0.5) is 5.69 Å². The number of carboxylic acids is 1. The standard InChI is InChI=1S/C39H35N3O5/c40-34-16-27(11-14-38(43)44)15-33(28-12-13-35-31(17-28)22-41-42-35)39(34)47-32-18-29-20-36(45-23-25-7-3-1-4-8-25)37(21-30(29)19-32)46-24-26-9-5-2-6-10-26/h1-10,12-13,15-17,20-22,32H,11,14,18-19,23-24,40H2,(H,41,42)(H,43,44). The van der Waals surface area contributed by atoms with Crippen LogP contribution in [0.15, 0.2) is 109 Å². The van der Waals surface area contributed by atoms with Crippen molar-refractivity contribution in [2.24, 2.45) is 0 Å². The number of hydrogen-bond acceptors (Lipinski definition) is 6. The first kappa shape index (κ1) is 29.9. The number of nitrogens with zero attached hydrogens (tertiary/aromatic N) is 1. The molecule has 1 heterocycles. The van der Waals surface area contributed by atoms with Crippen LogP contribution in [0, 0.1) is 0 Å². The van der Waals surface area contributed by atoms with E-state index in [0.29, 0.717) is 55.4 Å². The minimum absolute atomic E-state index is 0.0150. The summed E-state index contributed by atoms with van der Waals surface area (Å²) in [6, 6.07) is 34.1. The van der Waals surface area contributed by atoms with E-state index in [2.05, 4.69) is 22.3 Å². The second-order valence-electron chi connectivity index (χ2n) is 11.9. The summed E-state index contributed by atoms with van der Waals surface area (Å²) in [5.41, 5.74) is 15.1. The van der Waals surface area contributed by atoms with E-state index in [4.69, 9.17) is 19.9 Å². The molecule has 5 aromatic carbocycles. The van der Waals surface area contributed by atoms with Gasteiger partial charge in [-0.3, -0.25) is 9.89 Å². The van der Waals surface area contributed by atoms with Gasteiger partial charge >= 0.3 is 5.97 Å². The summed E-state index contributed by atoms with van der Waals surface area (Å²) in [5.74, 6) is 1.13. The lowest BCUT2D eigenvalue weighted by molar-refractivity contribution is -0.136. The van der Waals surface area contributed by atoms with Gasteiger partial charge in [-0.2, -0.15) is 5.10 Å². The van der Waals surface area contributed by atoms with Crippen LogP contribution in [0.1, 0.15) is 34.2 Å². The van der Waals surface area contributed by atoms with Crippen molar-refractivity contribution in [1.82, 2.24) is 10.2 Å². The molecule has 0 atom stereocenters. The number of ether oxygens (including phenoxy) is 3. The molecular formula is C39H35N3O5. The smallest absolute Gasteiger partial charge is 0.303 e. The van der Waals surface area contributed by atoms with E-state index in [9.17, 15) is 9.90 Å². The molecular weight excluding hydrogens is 590 g/mol. The summed E-state index contributed by atoms with van der Waals surface area (Å²) < 4.78 is 19.4. The molecule has 8 nitrogen and oxygen atoms in total. The molecule has 0 amide bonds. The highest BCUT2D eigenvalue weighted by molar-refractivity contribution is 5.87. The SMILES string of the molecule is Nc1cc(CCC(=O)O)cc(-c2ccc3[nH]ncc3c2)c1OC1Cc2cc(OCc3ccccc3)c(OCc3ccccc3)cc2C1. The fraction of sp³-hybridized carbons (Fsp3) is 0.179. The molecule has 0 radical (unpaired) electrons. The molecule has 8 heteroatoms. The van der Waals surface area contributed by atoms with Gasteiger partial charge in [0.15, 0.2) is 11.5 Å². The Balaban J connectivity index is 1.17. The Kier molecular flexibility index (Phi) is 8.47. The van der Waals surface area contributed by atoms with E-state index < -0.39 is 5.97 Å². The number of aromatic nitrogens is 2. The largest absolute Gasteiger partial charge is 0.487 e. The Morgan fingerprint density at radius 2 is 1.45 bits per heavy atom. The van der Waals surface area contributed by atoms with Crippen LogP contribution in [0.3, 0.4) is 0 Å². The summed E-state index contributed by atoms with van der Waals surface area (Å²) in [6.45, 7) is 0.854. The first-order chi connectivity index (χ1) is 23.0. The molecule has 0 bridgehead atoms. The number of nitrogens with two attached hydrogens (primary N) is 1. The fourth-order valence-corrected chi connectivity index (χ4v) is 6.10. The number of anilines is 1. The number of hydrogen-bond donors (Lipinski definition) is 3. The summed E-state index contributed by atoms with van der Waals surface area (Å²) in [5, 5.41) is 17.4. The van der Waals surface area contributed by atoms with Crippen molar-refractivity contribution in [2.75, 3.05) is 5.73 Å². The number of nitrogen functional groups attached to an aromatic ring is 1. The van der Waals surface area contributed by atoms with Crippen LogP contribution in [0.25, 0.3) is 22.0 Å². The van der Waals surface area contributed by atoms with E-state index >= 15 is 0 Å². The normalized spacial score (nSPS) is 12.6. The molecule has 0 fully saturated rings. The topological polar surface area (TPSA) is 120 Å². The number of aliphatic carboxylic acids is 1. The quantitative estimate of drug-likeness (QED) is 0.120. The molecule has 0 unspecified atom stereocenters. The third-order valence-corrected chi connectivity index (χ3v) is 8.48. The van der Waals surface area contributed by atoms with Crippen LogP contribution >= 0.6 is 0 Å². The van der Waals surface area contributed by atoms with Gasteiger partial charge in [-0.25, -0.2) is 0 Å². The lowest BCUT2D eigenvalue weighted by Crippen LogP contribution is -2.18. The van der Waals surface area contributed by atoms with Crippen LogP contribution in [0.2, 0.25) is 0 Å². The number of H-pyrrole nitrogens is 1. The maximum atomic E-state index is 11.3. The first-order valence-electron chi connectivity index (χ1n) is 15.7. The molecule has 0 saturated carbocycles. The molecule has 0 spiro atoms.